The maximum absolute atomic E-state index is 12.1. The van der Waals surface area contributed by atoms with E-state index in [1.165, 1.54) is 10.9 Å². The van der Waals surface area contributed by atoms with Crippen LogP contribution in [0.25, 0.3) is 5.69 Å². The highest BCUT2D eigenvalue weighted by atomic mass is 35.5. The molecule has 2 N–H and O–H groups in total. The van der Waals surface area contributed by atoms with Crippen molar-refractivity contribution in [3.63, 3.8) is 0 Å². The Labute approximate surface area is 149 Å². The van der Waals surface area contributed by atoms with E-state index < -0.39 is 5.91 Å². The fourth-order valence-corrected chi connectivity index (χ4v) is 2.31. The van der Waals surface area contributed by atoms with E-state index in [0.717, 1.165) is 5.69 Å². The van der Waals surface area contributed by atoms with Crippen LogP contribution >= 0.6 is 11.6 Å². The van der Waals surface area contributed by atoms with E-state index >= 15 is 0 Å². The third-order valence-corrected chi connectivity index (χ3v) is 3.65. The van der Waals surface area contributed by atoms with Gasteiger partial charge in [-0.15, -0.1) is 0 Å². The van der Waals surface area contributed by atoms with Crippen LogP contribution in [0, 0.1) is 0 Å². The van der Waals surface area contributed by atoms with Gasteiger partial charge in [-0.05, 0) is 36.4 Å². The van der Waals surface area contributed by atoms with Gasteiger partial charge in [0.05, 0.1) is 18.4 Å². The summed E-state index contributed by atoms with van der Waals surface area (Å²) in [6.45, 7) is 0.562. The zero-order valence-electron chi connectivity index (χ0n) is 13.2. The van der Waals surface area contributed by atoms with E-state index in [-0.39, 0.29) is 24.6 Å². The maximum Gasteiger partial charge on any atom is 0.275 e. The highest BCUT2D eigenvalue weighted by molar-refractivity contribution is 6.30. The monoisotopic (exact) mass is 357 g/mol. The Hall–Kier alpha value is -2.99. The number of carbonyl (C=O) groups excluding carboxylic acids is 1. The number of hydrogen-bond acceptors (Lipinski definition) is 4. The van der Waals surface area contributed by atoms with Crippen molar-refractivity contribution in [2.24, 2.45) is 0 Å². The first-order valence-electron chi connectivity index (χ1n) is 7.64. The lowest BCUT2D eigenvalue weighted by Crippen LogP contribution is -2.28. The zero-order chi connectivity index (χ0) is 17.6. The van der Waals surface area contributed by atoms with Crippen LogP contribution in [0.5, 0.6) is 11.5 Å². The van der Waals surface area contributed by atoms with Crippen molar-refractivity contribution in [1.82, 2.24) is 15.1 Å². The Bertz CT molecular complexity index is 848. The second-order valence-corrected chi connectivity index (χ2v) is 5.64. The smallest absolute Gasteiger partial charge is 0.275 e. The number of aromatic hydroxyl groups is 1. The molecule has 0 bridgehead atoms. The number of nitrogens with zero attached hydrogens (tertiary/aromatic N) is 2. The van der Waals surface area contributed by atoms with E-state index in [0.29, 0.717) is 10.8 Å². The molecule has 0 saturated heterocycles. The fourth-order valence-electron chi connectivity index (χ4n) is 2.19. The maximum atomic E-state index is 12.1. The SMILES string of the molecule is O=C(NCCOc1ccc(Cl)cc1)c1nn(-c2ccccc2)cc1O. The molecule has 0 unspecified atom stereocenters. The van der Waals surface area contributed by atoms with Gasteiger partial charge in [0.15, 0.2) is 11.4 Å². The Morgan fingerprint density at radius 1 is 1.16 bits per heavy atom. The van der Waals surface area contributed by atoms with Gasteiger partial charge < -0.3 is 15.2 Å². The van der Waals surface area contributed by atoms with Gasteiger partial charge in [-0.25, -0.2) is 4.68 Å². The Morgan fingerprint density at radius 2 is 1.88 bits per heavy atom. The topological polar surface area (TPSA) is 76.4 Å². The minimum atomic E-state index is -0.466. The van der Waals surface area contributed by atoms with Gasteiger partial charge in [0.25, 0.3) is 5.91 Å². The third-order valence-electron chi connectivity index (χ3n) is 3.40. The number of halogens is 1. The van der Waals surface area contributed by atoms with Crippen molar-refractivity contribution < 1.29 is 14.6 Å². The molecule has 0 radical (unpaired) electrons. The minimum Gasteiger partial charge on any atom is -0.504 e. The molecule has 25 heavy (non-hydrogen) atoms. The zero-order valence-corrected chi connectivity index (χ0v) is 14.0. The summed E-state index contributed by atoms with van der Waals surface area (Å²) in [5, 5.41) is 17.4. The average Bonchev–Trinajstić information content (AvgIpc) is 3.03. The molecule has 0 saturated carbocycles. The molecule has 0 spiro atoms. The molecule has 0 aliphatic carbocycles. The molecule has 2 aromatic carbocycles. The van der Waals surface area contributed by atoms with Gasteiger partial charge in [-0.3, -0.25) is 4.79 Å². The summed E-state index contributed by atoms with van der Waals surface area (Å²) in [5.74, 6) is 0.0155. The summed E-state index contributed by atoms with van der Waals surface area (Å²) in [5.41, 5.74) is 0.721. The first kappa shape index (κ1) is 16.9. The normalized spacial score (nSPS) is 10.4. The molecule has 1 heterocycles. The number of para-hydroxylation sites is 1. The molecular weight excluding hydrogens is 342 g/mol. The molecule has 3 aromatic rings. The van der Waals surface area contributed by atoms with Crippen LogP contribution in [0.1, 0.15) is 10.5 Å². The van der Waals surface area contributed by atoms with Crippen LogP contribution in [-0.4, -0.2) is 33.9 Å². The summed E-state index contributed by atoms with van der Waals surface area (Å²) in [6, 6.07) is 16.2. The number of amides is 1. The Balaban J connectivity index is 1.55. The van der Waals surface area contributed by atoms with Crippen molar-refractivity contribution >= 4 is 17.5 Å². The summed E-state index contributed by atoms with van der Waals surface area (Å²) < 4.78 is 6.94. The fraction of sp³-hybridized carbons (Fsp3) is 0.111. The molecule has 0 aliphatic rings. The molecule has 3 rings (SSSR count). The predicted octanol–water partition coefficient (Wildman–Crippen LogP) is 3.04. The van der Waals surface area contributed by atoms with Gasteiger partial charge in [-0.2, -0.15) is 5.10 Å². The lowest BCUT2D eigenvalue weighted by Gasteiger charge is -2.07. The molecule has 6 nitrogen and oxygen atoms in total. The second kappa shape index (κ2) is 7.72. The van der Waals surface area contributed by atoms with E-state index in [4.69, 9.17) is 16.3 Å². The number of rotatable bonds is 6. The van der Waals surface area contributed by atoms with E-state index in [1.54, 1.807) is 24.3 Å². The van der Waals surface area contributed by atoms with Crippen LogP contribution < -0.4 is 10.1 Å². The van der Waals surface area contributed by atoms with E-state index in [9.17, 15) is 9.90 Å². The van der Waals surface area contributed by atoms with E-state index in [2.05, 4.69) is 10.4 Å². The molecule has 1 amide bonds. The summed E-state index contributed by atoms with van der Waals surface area (Å²) >= 11 is 5.80. The van der Waals surface area contributed by atoms with Gasteiger partial charge >= 0.3 is 0 Å². The van der Waals surface area contributed by atoms with Gasteiger partial charge in [0, 0.05) is 5.02 Å². The lowest BCUT2D eigenvalue weighted by molar-refractivity contribution is 0.0939. The van der Waals surface area contributed by atoms with Crippen LogP contribution in [0.15, 0.2) is 60.8 Å². The number of hydrogen-bond donors (Lipinski definition) is 2. The quantitative estimate of drug-likeness (QED) is 0.665. The number of nitrogens with one attached hydrogen (secondary N) is 1. The number of ether oxygens (including phenoxy) is 1. The first-order chi connectivity index (χ1) is 12.1. The number of carbonyl (C=O) groups is 1. The lowest BCUT2D eigenvalue weighted by atomic mass is 10.3. The average molecular weight is 358 g/mol. The van der Waals surface area contributed by atoms with Gasteiger partial charge in [0.2, 0.25) is 0 Å². The van der Waals surface area contributed by atoms with Crippen LogP contribution in [-0.2, 0) is 0 Å². The minimum absolute atomic E-state index is 0.0321. The molecule has 0 atom stereocenters. The predicted molar refractivity (Wildman–Crippen MR) is 94.5 cm³/mol. The van der Waals surface area contributed by atoms with Crippen molar-refractivity contribution in [1.29, 1.82) is 0 Å². The molecule has 0 fully saturated rings. The molecule has 128 valence electrons. The highest BCUT2D eigenvalue weighted by Gasteiger charge is 2.16. The van der Waals surface area contributed by atoms with E-state index in [1.807, 2.05) is 30.3 Å². The third kappa shape index (κ3) is 4.30. The molecule has 7 heteroatoms. The number of aromatic nitrogens is 2. The van der Waals surface area contributed by atoms with Crippen molar-refractivity contribution in [3.8, 4) is 17.2 Å². The van der Waals surface area contributed by atoms with Crippen molar-refractivity contribution in [3.05, 3.63) is 71.5 Å². The summed E-state index contributed by atoms with van der Waals surface area (Å²) in [6.07, 6.45) is 1.40. The summed E-state index contributed by atoms with van der Waals surface area (Å²) in [4.78, 5) is 12.1. The van der Waals surface area contributed by atoms with Crippen molar-refractivity contribution in [2.45, 2.75) is 0 Å². The Morgan fingerprint density at radius 3 is 2.60 bits per heavy atom. The first-order valence-corrected chi connectivity index (χ1v) is 8.02. The largest absolute Gasteiger partial charge is 0.504 e. The highest BCUT2D eigenvalue weighted by Crippen LogP contribution is 2.18. The Kier molecular flexibility index (Phi) is 5.20. The number of benzene rings is 2. The second-order valence-electron chi connectivity index (χ2n) is 5.20. The summed E-state index contributed by atoms with van der Waals surface area (Å²) in [7, 11) is 0. The molecule has 0 aliphatic heterocycles. The van der Waals surface area contributed by atoms with Crippen LogP contribution in [0.4, 0.5) is 0 Å². The van der Waals surface area contributed by atoms with Gasteiger partial charge in [0.1, 0.15) is 12.4 Å². The van der Waals surface area contributed by atoms with Gasteiger partial charge in [-0.1, -0.05) is 29.8 Å². The molecular formula is C18H16ClN3O3. The molecule has 1 aromatic heterocycles. The van der Waals surface area contributed by atoms with Crippen LogP contribution in [0.2, 0.25) is 5.02 Å². The standard InChI is InChI=1S/C18H16ClN3O3/c19-13-6-8-15(9-7-13)25-11-10-20-18(24)17-16(23)12-22(21-17)14-4-2-1-3-5-14/h1-9,12,23H,10-11H2,(H,20,24). The van der Waals surface area contributed by atoms with Crippen molar-refractivity contribution in [2.75, 3.05) is 13.2 Å². The van der Waals surface area contributed by atoms with Crippen LogP contribution in [0.3, 0.4) is 0 Å².